The second-order valence-electron chi connectivity index (χ2n) is 9.89. The predicted octanol–water partition coefficient (Wildman–Crippen LogP) is 4.81. The van der Waals surface area contributed by atoms with Crippen LogP contribution in [0.4, 0.5) is 11.6 Å². The van der Waals surface area contributed by atoms with E-state index in [9.17, 15) is 16.8 Å². The summed E-state index contributed by atoms with van der Waals surface area (Å²) >= 11 is 7.42. The molecule has 1 fully saturated rings. The number of rotatable bonds is 8. The van der Waals surface area contributed by atoms with Gasteiger partial charge in [-0.15, -0.1) is 11.3 Å². The fraction of sp³-hybridized carbons (Fsp3) is 0.222. The molecule has 1 atom stereocenters. The minimum Gasteiger partial charge on any atom is -0.350 e. The number of piperidine rings is 1. The molecule has 1 saturated heterocycles. The van der Waals surface area contributed by atoms with Gasteiger partial charge in [0.1, 0.15) is 5.69 Å². The summed E-state index contributed by atoms with van der Waals surface area (Å²) in [7, 11) is -7.13. The fourth-order valence-corrected chi connectivity index (χ4v) is 7.87. The Morgan fingerprint density at radius 2 is 1.86 bits per heavy atom. The van der Waals surface area contributed by atoms with Crippen LogP contribution in [-0.2, 0) is 20.0 Å². The van der Waals surface area contributed by atoms with Crippen molar-refractivity contribution >= 4 is 59.6 Å². The Labute approximate surface area is 252 Å². The standard InChI is InChI=1S/C27H26ClN7O4S3/c1-41(36,37)33-20-5-2-4-18(16-20)24-25(35-14-15-40-27(35)32-24)23-11-12-29-26(31-23)30-21-6-3-13-34(17-21)42(38,39)22-9-7-19(28)8-10-22/h2,4-5,7-12,14-16,21,33H,3,6,13,17H2,1H3,(H,29,30,31)/t21-/m1/s1. The van der Waals surface area contributed by atoms with Gasteiger partial charge in [-0.05, 0) is 55.3 Å². The van der Waals surface area contributed by atoms with E-state index in [0.717, 1.165) is 28.9 Å². The van der Waals surface area contributed by atoms with E-state index in [1.165, 1.54) is 27.8 Å². The lowest BCUT2D eigenvalue weighted by Gasteiger charge is -2.32. The topological polar surface area (TPSA) is 139 Å². The fourth-order valence-electron chi connectivity index (χ4n) is 4.95. The molecule has 0 unspecified atom stereocenters. The van der Waals surface area contributed by atoms with E-state index in [4.69, 9.17) is 21.6 Å². The van der Waals surface area contributed by atoms with E-state index in [2.05, 4.69) is 15.0 Å². The highest BCUT2D eigenvalue weighted by Gasteiger charge is 2.31. The van der Waals surface area contributed by atoms with E-state index in [-0.39, 0.29) is 17.5 Å². The number of benzene rings is 2. The minimum absolute atomic E-state index is 0.194. The largest absolute Gasteiger partial charge is 0.350 e. The number of nitrogens with one attached hydrogen (secondary N) is 2. The molecule has 2 aromatic carbocycles. The Bertz CT molecular complexity index is 1980. The van der Waals surface area contributed by atoms with E-state index in [0.29, 0.717) is 41.0 Å². The monoisotopic (exact) mass is 643 g/mol. The van der Waals surface area contributed by atoms with Crippen LogP contribution >= 0.6 is 22.9 Å². The first kappa shape index (κ1) is 28.6. The molecule has 4 heterocycles. The van der Waals surface area contributed by atoms with Crippen LogP contribution in [0.5, 0.6) is 0 Å². The van der Waals surface area contributed by atoms with Gasteiger partial charge in [-0.2, -0.15) is 4.31 Å². The highest BCUT2D eigenvalue weighted by Crippen LogP contribution is 2.35. The van der Waals surface area contributed by atoms with E-state index < -0.39 is 20.0 Å². The quantitative estimate of drug-likeness (QED) is 0.246. The van der Waals surface area contributed by atoms with Gasteiger partial charge in [-0.3, -0.25) is 9.12 Å². The summed E-state index contributed by atoms with van der Waals surface area (Å²) in [5, 5.41) is 5.73. The number of thiazole rings is 1. The summed E-state index contributed by atoms with van der Waals surface area (Å²) in [5.41, 5.74) is 3.12. The van der Waals surface area contributed by atoms with Crippen LogP contribution in [0.15, 0.2) is 77.3 Å². The van der Waals surface area contributed by atoms with Crippen molar-refractivity contribution in [2.75, 3.05) is 29.4 Å². The number of halogens is 1. The summed E-state index contributed by atoms with van der Waals surface area (Å²) in [5.74, 6) is 0.367. The average Bonchev–Trinajstić information content (AvgIpc) is 3.55. The normalized spacial score (nSPS) is 16.5. The molecule has 0 spiro atoms. The number of imidazole rings is 1. The molecular weight excluding hydrogens is 618 g/mol. The van der Waals surface area contributed by atoms with E-state index in [1.807, 2.05) is 22.0 Å². The second kappa shape index (κ2) is 11.3. The first-order valence-electron chi connectivity index (χ1n) is 13.0. The number of nitrogens with zero attached hydrogens (tertiary/aromatic N) is 5. The first-order chi connectivity index (χ1) is 20.1. The van der Waals surface area contributed by atoms with Gasteiger partial charge in [0.25, 0.3) is 0 Å². The summed E-state index contributed by atoms with van der Waals surface area (Å²) in [6.07, 6.45) is 6.09. The predicted molar refractivity (Wildman–Crippen MR) is 165 cm³/mol. The van der Waals surface area contributed by atoms with E-state index in [1.54, 1.807) is 42.6 Å². The zero-order valence-corrected chi connectivity index (χ0v) is 25.5. The first-order valence-corrected chi connectivity index (χ1v) is 17.6. The SMILES string of the molecule is CS(=O)(=O)Nc1cccc(-c2nc3sccn3c2-c2ccnc(N[C@@H]3CCCN(S(=O)(=O)c4ccc(Cl)cc4)C3)n2)c1. The van der Waals surface area contributed by atoms with Gasteiger partial charge in [0.2, 0.25) is 26.0 Å². The molecule has 2 N–H and O–H groups in total. The van der Waals surface area contributed by atoms with Gasteiger partial charge in [0, 0.05) is 53.2 Å². The molecule has 0 radical (unpaired) electrons. The van der Waals surface area contributed by atoms with Crippen molar-refractivity contribution in [3.8, 4) is 22.6 Å². The summed E-state index contributed by atoms with van der Waals surface area (Å²) in [6, 6.07) is 14.8. The lowest BCUT2D eigenvalue weighted by Crippen LogP contribution is -2.45. The number of hydrogen-bond donors (Lipinski definition) is 2. The van der Waals surface area contributed by atoms with E-state index >= 15 is 0 Å². The Balaban J connectivity index is 1.28. The maximum atomic E-state index is 13.3. The second-order valence-corrected chi connectivity index (χ2v) is 14.9. The van der Waals surface area contributed by atoms with Crippen molar-refractivity contribution in [2.24, 2.45) is 0 Å². The molecule has 1 aliphatic heterocycles. The zero-order chi connectivity index (χ0) is 29.5. The molecule has 6 rings (SSSR count). The van der Waals surface area contributed by atoms with Crippen molar-refractivity contribution in [3.05, 3.63) is 77.4 Å². The van der Waals surface area contributed by atoms with Crippen LogP contribution in [0.2, 0.25) is 5.02 Å². The van der Waals surface area contributed by atoms with Crippen LogP contribution in [-0.4, -0.2) is 65.9 Å². The number of hydrogen-bond acceptors (Lipinski definition) is 9. The number of aromatic nitrogens is 4. The third-order valence-electron chi connectivity index (χ3n) is 6.77. The Morgan fingerprint density at radius 3 is 2.64 bits per heavy atom. The maximum Gasteiger partial charge on any atom is 0.243 e. The van der Waals surface area contributed by atoms with Crippen LogP contribution in [0.1, 0.15) is 12.8 Å². The van der Waals surface area contributed by atoms with Crippen LogP contribution in [0.25, 0.3) is 27.6 Å². The number of anilines is 2. The Morgan fingerprint density at radius 1 is 1.05 bits per heavy atom. The highest BCUT2D eigenvalue weighted by molar-refractivity contribution is 7.92. The molecule has 11 nitrogen and oxygen atoms in total. The molecule has 42 heavy (non-hydrogen) atoms. The highest BCUT2D eigenvalue weighted by atomic mass is 35.5. The zero-order valence-electron chi connectivity index (χ0n) is 22.3. The van der Waals surface area contributed by atoms with Crippen LogP contribution in [0.3, 0.4) is 0 Å². The van der Waals surface area contributed by atoms with Crippen LogP contribution in [0, 0.1) is 0 Å². The van der Waals surface area contributed by atoms with Crippen molar-refractivity contribution in [1.29, 1.82) is 0 Å². The summed E-state index contributed by atoms with van der Waals surface area (Å²) in [4.78, 5) is 15.0. The lowest BCUT2D eigenvalue weighted by atomic mass is 10.1. The lowest BCUT2D eigenvalue weighted by molar-refractivity contribution is 0.326. The molecule has 15 heteroatoms. The molecule has 0 saturated carbocycles. The van der Waals surface area contributed by atoms with Gasteiger partial charge in [-0.25, -0.2) is 31.8 Å². The van der Waals surface area contributed by atoms with Gasteiger partial charge in [0.15, 0.2) is 4.96 Å². The Hall–Kier alpha value is -3.56. The molecule has 0 aliphatic carbocycles. The Kier molecular flexibility index (Phi) is 7.66. The van der Waals surface area contributed by atoms with Gasteiger partial charge in [0.05, 0.1) is 22.5 Å². The third-order valence-corrected chi connectivity index (χ3v) is 10.3. The van der Waals surface area contributed by atoms with Crippen molar-refractivity contribution in [1.82, 2.24) is 23.7 Å². The molecular formula is C27H26ClN7O4S3. The minimum atomic E-state index is -3.68. The molecule has 218 valence electrons. The van der Waals surface area contributed by atoms with Crippen molar-refractivity contribution in [2.45, 2.75) is 23.8 Å². The summed E-state index contributed by atoms with van der Waals surface area (Å²) < 4.78 is 56.0. The molecule has 3 aromatic heterocycles. The maximum absolute atomic E-state index is 13.3. The molecule has 5 aromatic rings. The smallest absolute Gasteiger partial charge is 0.243 e. The number of sulfonamides is 2. The van der Waals surface area contributed by atoms with Gasteiger partial charge >= 0.3 is 0 Å². The van der Waals surface area contributed by atoms with Crippen molar-refractivity contribution < 1.29 is 16.8 Å². The third kappa shape index (κ3) is 5.99. The van der Waals surface area contributed by atoms with Crippen LogP contribution < -0.4 is 10.0 Å². The average molecular weight is 644 g/mol. The summed E-state index contributed by atoms with van der Waals surface area (Å²) in [6.45, 7) is 0.692. The number of fused-ring (bicyclic) bond motifs is 1. The molecule has 0 amide bonds. The van der Waals surface area contributed by atoms with Crippen molar-refractivity contribution in [3.63, 3.8) is 0 Å². The molecule has 1 aliphatic rings. The van der Waals surface area contributed by atoms with Gasteiger partial charge < -0.3 is 5.32 Å². The molecule has 0 bridgehead atoms. The van der Waals surface area contributed by atoms with Gasteiger partial charge in [-0.1, -0.05) is 23.7 Å².